The summed E-state index contributed by atoms with van der Waals surface area (Å²) in [5.41, 5.74) is 1.74. The van der Waals surface area contributed by atoms with Gasteiger partial charge in [0.2, 0.25) is 22.7 Å². The topological polar surface area (TPSA) is 98.5 Å². The van der Waals surface area contributed by atoms with Crippen molar-refractivity contribution < 1.29 is 31.8 Å². The molecule has 9 nitrogen and oxygen atoms in total. The first-order valence-corrected chi connectivity index (χ1v) is 14.9. The van der Waals surface area contributed by atoms with Crippen molar-refractivity contribution in [2.75, 3.05) is 26.5 Å². The van der Waals surface area contributed by atoms with Crippen molar-refractivity contribution in [2.24, 2.45) is 0 Å². The number of amides is 1. The zero-order valence-electron chi connectivity index (χ0n) is 23.2. The van der Waals surface area contributed by atoms with Gasteiger partial charge in [-0.15, -0.1) is 0 Å². The van der Waals surface area contributed by atoms with Crippen LogP contribution in [0.4, 0.5) is 0 Å². The van der Waals surface area contributed by atoms with Gasteiger partial charge in [0.25, 0.3) is 0 Å². The Morgan fingerprint density at radius 3 is 2.45 bits per heavy atom. The molecule has 0 N–H and O–H groups in total. The zero-order chi connectivity index (χ0) is 28.3. The molecule has 1 amide bonds. The summed E-state index contributed by atoms with van der Waals surface area (Å²) in [6, 6.07) is 16.0. The summed E-state index contributed by atoms with van der Waals surface area (Å²) in [5, 5.41) is 0. The van der Waals surface area contributed by atoms with Gasteiger partial charge in [-0.05, 0) is 65.8 Å². The number of sulfonamides is 1. The molecule has 214 valence electrons. The molecule has 3 aromatic rings. The number of rotatable bonds is 10. The van der Waals surface area contributed by atoms with Crippen molar-refractivity contribution in [3.05, 3.63) is 77.7 Å². The quantitative estimate of drug-likeness (QED) is 0.350. The van der Waals surface area contributed by atoms with Gasteiger partial charge >= 0.3 is 0 Å². The van der Waals surface area contributed by atoms with Crippen LogP contribution in [0.3, 0.4) is 0 Å². The lowest BCUT2D eigenvalue weighted by Crippen LogP contribution is -2.45. The Morgan fingerprint density at radius 2 is 1.77 bits per heavy atom. The van der Waals surface area contributed by atoms with E-state index < -0.39 is 10.0 Å². The Bertz CT molecular complexity index is 1410. The smallest absolute Gasteiger partial charge is 0.243 e. The fourth-order valence-electron chi connectivity index (χ4n) is 4.87. The number of benzene rings is 2. The van der Waals surface area contributed by atoms with E-state index >= 15 is 0 Å². The number of carbonyl (C=O) groups excluding carboxylic acids is 1. The maximum absolute atomic E-state index is 13.9. The first kappa shape index (κ1) is 28.2. The number of fused-ring (bicyclic) bond motifs is 1. The van der Waals surface area contributed by atoms with Crippen molar-refractivity contribution in [1.29, 1.82) is 0 Å². The normalized spacial score (nSPS) is 16.9. The summed E-state index contributed by atoms with van der Waals surface area (Å²) in [4.78, 5) is 15.6. The maximum Gasteiger partial charge on any atom is 0.243 e. The van der Waals surface area contributed by atoms with E-state index in [2.05, 4.69) is 20.8 Å². The standard InChI is InChI=1S/C30H36N2O7S/c1-30(2,3)23-9-11-26(12-10-23)40(34,35)32(19-25-7-5-15-37-25)20-29(33)31(18-24-6-4-14-36-24)17-22-8-13-27-28(16-22)39-21-38-27/h4,6,8-14,16,25H,5,7,15,17-21H2,1-3H3. The second kappa shape index (κ2) is 11.6. The lowest BCUT2D eigenvalue weighted by Gasteiger charge is -2.28. The van der Waals surface area contributed by atoms with Crippen molar-refractivity contribution >= 4 is 15.9 Å². The molecule has 0 bridgehead atoms. The van der Waals surface area contributed by atoms with Crippen molar-refractivity contribution in [3.63, 3.8) is 0 Å². The van der Waals surface area contributed by atoms with Crippen LogP contribution in [0.25, 0.3) is 0 Å². The molecule has 40 heavy (non-hydrogen) atoms. The molecule has 0 spiro atoms. The van der Waals surface area contributed by atoms with Crippen LogP contribution in [0.15, 0.2) is 70.2 Å². The minimum atomic E-state index is -3.98. The van der Waals surface area contributed by atoms with Crippen LogP contribution < -0.4 is 9.47 Å². The van der Waals surface area contributed by atoms with E-state index in [1.54, 1.807) is 35.4 Å². The second-order valence-electron chi connectivity index (χ2n) is 11.2. The van der Waals surface area contributed by atoms with Gasteiger partial charge in [-0.3, -0.25) is 4.79 Å². The predicted octanol–water partition coefficient (Wildman–Crippen LogP) is 4.70. The number of hydrogen-bond acceptors (Lipinski definition) is 7. The van der Waals surface area contributed by atoms with E-state index in [-0.39, 0.29) is 55.3 Å². The highest BCUT2D eigenvalue weighted by atomic mass is 32.2. The van der Waals surface area contributed by atoms with E-state index in [0.717, 1.165) is 24.0 Å². The first-order chi connectivity index (χ1) is 19.1. The molecule has 10 heteroatoms. The molecule has 1 saturated heterocycles. The van der Waals surface area contributed by atoms with E-state index in [0.29, 0.717) is 23.9 Å². The van der Waals surface area contributed by atoms with E-state index in [1.807, 2.05) is 30.3 Å². The highest BCUT2D eigenvalue weighted by Crippen LogP contribution is 2.33. The summed E-state index contributed by atoms with van der Waals surface area (Å²) in [5.74, 6) is 1.52. The van der Waals surface area contributed by atoms with Gasteiger partial charge in [0.1, 0.15) is 5.76 Å². The number of hydrogen-bond donors (Lipinski definition) is 0. The van der Waals surface area contributed by atoms with Crippen LogP contribution in [0.5, 0.6) is 11.5 Å². The molecular weight excluding hydrogens is 532 g/mol. The van der Waals surface area contributed by atoms with Crippen molar-refractivity contribution in [3.8, 4) is 11.5 Å². The minimum absolute atomic E-state index is 0.105. The summed E-state index contributed by atoms with van der Waals surface area (Å²) in [6.45, 7) is 7.18. The highest BCUT2D eigenvalue weighted by molar-refractivity contribution is 7.89. The van der Waals surface area contributed by atoms with Gasteiger partial charge in [-0.1, -0.05) is 39.0 Å². The first-order valence-electron chi connectivity index (χ1n) is 13.5. The Morgan fingerprint density at radius 1 is 1.00 bits per heavy atom. The van der Waals surface area contributed by atoms with E-state index in [1.165, 1.54) is 4.31 Å². The number of carbonyl (C=O) groups is 1. The molecule has 0 saturated carbocycles. The third kappa shape index (κ3) is 6.51. The summed E-state index contributed by atoms with van der Waals surface area (Å²) in [7, 11) is -3.98. The van der Waals surface area contributed by atoms with Gasteiger partial charge in [0.05, 0.1) is 30.4 Å². The number of furan rings is 1. The Labute approximate surface area is 235 Å². The fourth-order valence-corrected chi connectivity index (χ4v) is 6.29. The van der Waals surface area contributed by atoms with Crippen molar-refractivity contribution in [1.82, 2.24) is 9.21 Å². The SMILES string of the molecule is CC(C)(C)c1ccc(S(=O)(=O)N(CC(=O)N(Cc2ccc3c(c2)OCO3)Cc2ccco2)CC2CCCO2)cc1. The number of nitrogens with zero attached hydrogens (tertiary/aromatic N) is 2. The largest absolute Gasteiger partial charge is 0.467 e. The van der Waals surface area contributed by atoms with Crippen LogP contribution in [0.2, 0.25) is 0 Å². The predicted molar refractivity (Wildman–Crippen MR) is 148 cm³/mol. The van der Waals surface area contributed by atoms with Gasteiger partial charge in [-0.25, -0.2) is 8.42 Å². The zero-order valence-corrected chi connectivity index (χ0v) is 24.0. The molecule has 3 heterocycles. The summed E-state index contributed by atoms with van der Waals surface area (Å²) in [6.07, 6.45) is 2.90. The van der Waals surface area contributed by atoms with Crippen LogP contribution in [0, 0.1) is 0 Å². The monoisotopic (exact) mass is 568 g/mol. The molecule has 2 aliphatic heterocycles. The van der Waals surface area contributed by atoms with Crippen LogP contribution in [-0.2, 0) is 38.1 Å². The molecular formula is C30H36N2O7S. The molecule has 2 aromatic carbocycles. The molecule has 1 atom stereocenters. The second-order valence-corrected chi connectivity index (χ2v) is 13.2. The lowest BCUT2D eigenvalue weighted by molar-refractivity contribution is -0.133. The summed E-state index contributed by atoms with van der Waals surface area (Å²) >= 11 is 0. The Balaban J connectivity index is 1.40. The van der Waals surface area contributed by atoms with Crippen LogP contribution in [-0.4, -0.2) is 56.1 Å². The van der Waals surface area contributed by atoms with E-state index in [9.17, 15) is 13.2 Å². The van der Waals surface area contributed by atoms with Crippen molar-refractivity contribution in [2.45, 2.75) is 63.1 Å². The van der Waals surface area contributed by atoms with Gasteiger partial charge in [-0.2, -0.15) is 4.31 Å². The van der Waals surface area contributed by atoms with Gasteiger partial charge < -0.3 is 23.5 Å². The number of ether oxygens (including phenoxy) is 3. The van der Waals surface area contributed by atoms with Crippen LogP contribution in [0.1, 0.15) is 50.5 Å². The molecule has 0 aliphatic carbocycles. The third-order valence-corrected chi connectivity index (χ3v) is 9.02. The summed E-state index contributed by atoms with van der Waals surface area (Å²) < 4.78 is 51.3. The maximum atomic E-state index is 13.9. The van der Waals surface area contributed by atoms with Gasteiger partial charge in [0.15, 0.2) is 11.5 Å². The van der Waals surface area contributed by atoms with Crippen LogP contribution >= 0.6 is 0 Å². The minimum Gasteiger partial charge on any atom is -0.467 e. The highest BCUT2D eigenvalue weighted by Gasteiger charge is 2.33. The van der Waals surface area contributed by atoms with Gasteiger partial charge in [0, 0.05) is 19.7 Å². The molecule has 0 radical (unpaired) electrons. The lowest BCUT2D eigenvalue weighted by atomic mass is 9.87. The molecule has 1 fully saturated rings. The molecule has 1 aromatic heterocycles. The molecule has 2 aliphatic rings. The average Bonchev–Trinajstić information content (AvgIpc) is 3.70. The average molecular weight is 569 g/mol. The molecule has 1 unspecified atom stereocenters. The Hall–Kier alpha value is -3.34. The Kier molecular flexibility index (Phi) is 8.21. The van der Waals surface area contributed by atoms with E-state index in [4.69, 9.17) is 18.6 Å². The molecule has 5 rings (SSSR count). The third-order valence-electron chi connectivity index (χ3n) is 7.19. The fraction of sp³-hybridized carbons (Fsp3) is 0.433.